The zero-order valence-corrected chi connectivity index (χ0v) is 14.8. The lowest BCUT2D eigenvalue weighted by Gasteiger charge is -2.12. The predicted molar refractivity (Wildman–Crippen MR) is 96.1 cm³/mol. The summed E-state index contributed by atoms with van der Waals surface area (Å²) >= 11 is 0. The van der Waals surface area contributed by atoms with Crippen molar-refractivity contribution in [2.24, 2.45) is 5.73 Å². The van der Waals surface area contributed by atoms with Gasteiger partial charge in [0.05, 0.1) is 16.6 Å². The van der Waals surface area contributed by atoms with Crippen LogP contribution >= 0.6 is 0 Å². The molecule has 4 rings (SSSR count). The van der Waals surface area contributed by atoms with E-state index in [1.165, 1.54) is 13.0 Å². The molecule has 0 spiro atoms. The first-order chi connectivity index (χ1) is 12.8. The standard InChI is InChI=1S/C19H17FN4O3/c1-8-13(20)5-11(17(21)25)6-14(8)22-18(26)12-7-15(10-3-4-10)23-19-16(12)9(2)24-27-19/h5-7,10H,3-4H2,1-2H3,(H2,21,25)(H,22,26). The van der Waals surface area contributed by atoms with Crippen LogP contribution in [-0.4, -0.2) is 22.0 Å². The molecular weight excluding hydrogens is 351 g/mol. The Morgan fingerprint density at radius 3 is 2.67 bits per heavy atom. The molecule has 1 aromatic carbocycles. The number of benzene rings is 1. The molecule has 3 aromatic rings. The maximum Gasteiger partial charge on any atom is 0.259 e. The molecule has 1 fully saturated rings. The first-order valence-corrected chi connectivity index (χ1v) is 8.53. The first kappa shape index (κ1) is 17.1. The van der Waals surface area contributed by atoms with Crippen LogP contribution in [0, 0.1) is 19.7 Å². The van der Waals surface area contributed by atoms with E-state index in [1.54, 1.807) is 13.0 Å². The number of rotatable bonds is 4. The minimum absolute atomic E-state index is 0.0203. The lowest BCUT2D eigenvalue weighted by atomic mass is 10.1. The van der Waals surface area contributed by atoms with Crippen molar-refractivity contribution in [1.29, 1.82) is 0 Å². The second-order valence-electron chi connectivity index (χ2n) is 6.77. The van der Waals surface area contributed by atoms with Crippen LogP contribution in [0.2, 0.25) is 0 Å². The number of nitrogens with two attached hydrogens (primary N) is 1. The number of aromatic nitrogens is 2. The summed E-state index contributed by atoms with van der Waals surface area (Å²) in [4.78, 5) is 28.8. The van der Waals surface area contributed by atoms with E-state index in [0.29, 0.717) is 28.3 Å². The minimum atomic E-state index is -0.776. The Kier molecular flexibility index (Phi) is 3.91. The topological polar surface area (TPSA) is 111 Å². The van der Waals surface area contributed by atoms with E-state index in [-0.39, 0.29) is 16.8 Å². The van der Waals surface area contributed by atoms with Gasteiger partial charge in [-0.05, 0) is 44.9 Å². The smallest absolute Gasteiger partial charge is 0.259 e. The number of nitrogens with zero attached hydrogens (tertiary/aromatic N) is 2. The van der Waals surface area contributed by atoms with Gasteiger partial charge < -0.3 is 15.6 Å². The number of fused-ring (bicyclic) bond motifs is 1. The van der Waals surface area contributed by atoms with Crippen LogP contribution in [0.4, 0.5) is 10.1 Å². The highest BCUT2D eigenvalue weighted by atomic mass is 19.1. The van der Waals surface area contributed by atoms with Gasteiger partial charge in [-0.3, -0.25) is 9.59 Å². The molecule has 2 amide bonds. The zero-order chi connectivity index (χ0) is 19.3. The number of halogens is 1. The van der Waals surface area contributed by atoms with E-state index in [2.05, 4.69) is 15.5 Å². The second kappa shape index (κ2) is 6.15. The summed E-state index contributed by atoms with van der Waals surface area (Å²) < 4.78 is 19.3. The van der Waals surface area contributed by atoms with E-state index >= 15 is 0 Å². The summed E-state index contributed by atoms with van der Waals surface area (Å²) in [5, 5.41) is 7.09. The van der Waals surface area contributed by atoms with E-state index in [0.717, 1.165) is 24.6 Å². The fourth-order valence-electron chi connectivity index (χ4n) is 3.02. The molecule has 2 aromatic heterocycles. The van der Waals surface area contributed by atoms with Crippen LogP contribution in [0.25, 0.3) is 11.1 Å². The maximum absolute atomic E-state index is 14.1. The highest BCUT2D eigenvalue weighted by Crippen LogP contribution is 2.40. The fourth-order valence-corrected chi connectivity index (χ4v) is 3.02. The number of pyridine rings is 1. The second-order valence-corrected chi connectivity index (χ2v) is 6.77. The number of primary amides is 1. The molecule has 8 heteroatoms. The molecular formula is C19H17FN4O3. The van der Waals surface area contributed by atoms with E-state index in [9.17, 15) is 14.0 Å². The van der Waals surface area contributed by atoms with Crippen LogP contribution in [0.1, 0.15) is 56.4 Å². The van der Waals surface area contributed by atoms with Gasteiger partial charge in [-0.15, -0.1) is 0 Å². The van der Waals surface area contributed by atoms with E-state index in [4.69, 9.17) is 10.3 Å². The Hall–Kier alpha value is -3.29. The van der Waals surface area contributed by atoms with Crippen molar-refractivity contribution in [3.63, 3.8) is 0 Å². The van der Waals surface area contributed by atoms with Crippen LogP contribution < -0.4 is 11.1 Å². The summed E-state index contributed by atoms with van der Waals surface area (Å²) in [6.45, 7) is 3.23. The quantitative estimate of drug-likeness (QED) is 0.734. The van der Waals surface area contributed by atoms with Gasteiger partial charge in [0.25, 0.3) is 11.6 Å². The van der Waals surface area contributed by atoms with Crippen molar-refractivity contribution in [2.75, 3.05) is 5.32 Å². The lowest BCUT2D eigenvalue weighted by molar-refractivity contribution is 0.0996. The minimum Gasteiger partial charge on any atom is -0.366 e. The highest BCUT2D eigenvalue weighted by Gasteiger charge is 2.29. The number of nitrogens with one attached hydrogen (secondary N) is 1. The van der Waals surface area contributed by atoms with Crippen molar-refractivity contribution in [3.8, 4) is 0 Å². The van der Waals surface area contributed by atoms with Gasteiger partial charge >= 0.3 is 0 Å². The van der Waals surface area contributed by atoms with Gasteiger partial charge in [0.1, 0.15) is 5.82 Å². The van der Waals surface area contributed by atoms with Crippen molar-refractivity contribution < 1.29 is 18.5 Å². The van der Waals surface area contributed by atoms with E-state index < -0.39 is 17.6 Å². The third kappa shape index (κ3) is 3.03. The molecule has 2 heterocycles. The molecule has 1 aliphatic carbocycles. The van der Waals surface area contributed by atoms with Crippen molar-refractivity contribution in [2.45, 2.75) is 32.6 Å². The van der Waals surface area contributed by atoms with Crippen molar-refractivity contribution in [1.82, 2.24) is 10.1 Å². The monoisotopic (exact) mass is 368 g/mol. The number of hydrogen-bond acceptors (Lipinski definition) is 5. The molecule has 27 heavy (non-hydrogen) atoms. The molecule has 0 radical (unpaired) electrons. The number of aryl methyl sites for hydroxylation is 1. The van der Waals surface area contributed by atoms with Crippen molar-refractivity contribution in [3.05, 3.63) is 52.1 Å². The molecule has 0 bridgehead atoms. The molecule has 7 nitrogen and oxygen atoms in total. The molecule has 0 atom stereocenters. The average Bonchev–Trinajstić information content (AvgIpc) is 3.41. The third-order valence-electron chi connectivity index (χ3n) is 4.75. The summed E-state index contributed by atoms with van der Waals surface area (Å²) in [6.07, 6.45) is 2.02. The van der Waals surface area contributed by atoms with Gasteiger partial charge in [0.15, 0.2) is 0 Å². The summed E-state index contributed by atoms with van der Waals surface area (Å²) in [6, 6.07) is 4.13. The maximum atomic E-state index is 14.1. The SMILES string of the molecule is Cc1c(F)cc(C(N)=O)cc1NC(=O)c1cc(C2CC2)nc2onc(C)c12. The third-order valence-corrected chi connectivity index (χ3v) is 4.75. The normalized spacial score (nSPS) is 13.7. The Labute approximate surface area is 153 Å². The van der Waals surface area contributed by atoms with Gasteiger partial charge in [0, 0.05) is 28.4 Å². The Balaban J connectivity index is 1.78. The lowest BCUT2D eigenvalue weighted by Crippen LogP contribution is -2.17. The van der Waals surface area contributed by atoms with Gasteiger partial charge in [-0.25, -0.2) is 9.37 Å². The molecule has 138 valence electrons. The largest absolute Gasteiger partial charge is 0.366 e. The molecule has 0 aliphatic heterocycles. The Bertz CT molecular complexity index is 1100. The van der Waals surface area contributed by atoms with Gasteiger partial charge in [-0.2, -0.15) is 0 Å². The summed E-state index contributed by atoms with van der Waals surface area (Å²) in [5.74, 6) is -1.55. The number of carbonyl (C=O) groups is 2. The number of carbonyl (C=O) groups excluding carboxylic acids is 2. The Morgan fingerprint density at radius 1 is 1.26 bits per heavy atom. The number of anilines is 1. The fraction of sp³-hybridized carbons (Fsp3) is 0.263. The molecule has 0 saturated heterocycles. The number of amides is 2. The van der Waals surface area contributed by atoms with E-state index in [1.807, 2.05) is 0 Å². The number of hydrogen-bond donors (Lipinski definition) is 2. The van der Waals surface area contributed by atoms with Crippen molar-refractivity contribution >= 4 is 28.6 Å². The average molecular weight is 368 g/mol. The highest BCUT2D eigenvalue weighted by molar-refractivity contribution is 6.13. The van der Waals surface area contributed by atoms with Crippen LogP contribution in [0.3, 0.4) is 0 Å². The first-order valence-electron chi connectivity index (χ1n) is 8.53. The molecule has 1 saturated carbocycles. The molecule has 3 N–H and O–H groups in total. The van der Waals surface area contributed by atoms with Crippen LogP contribution in [0.5, 0.6) is 0 Å². The molecule has 0 unspecified atom stereocenters. The molecule has 1 aliphatic rings. The van der Waals surface area contributed by atoms with Crippen LogP contribution in [-0.2, 0) is 0 Å². The zero-order valence-electron chi connectivity index (χ0n) is 14.8. The summed E-state index contributed by atoms with van der Waals surface area (Å²) in [5.41, 5.74) is 7.58. The predicted octanol–water partition coefficient (Wildman–Crippen LogP) is 3.21. The Morgan fingerprint density at radius 2 is 2.00 bits per heavy atom. The van der Waals surface area contributed by atoms with Gasteiger partial charge in [0.2, 0.25) is 5.91 Å². The summed E-state index contributed by atoms with van der Waals surface area (Å²) in [7, 11) is 0. The van der Waals surface area contributed by atoms with Crippen LogP contribution in [0.15, 0.2) is 22.7 Å². The van der Waals surface area contributed by atoms with Gasteiger partial charge in [-0.1, -0.05) is 5.16 Å².